The summed E-state index contributed by atoms with van der Waals surface area (Å²) in [6.45, 7) is 0. The molecule has 0 fully saturated rings. The van der Waals surface area contributed by atoms with Gasteiger partial charge in [-0.3, -0.25) is 0 Å². The molecule has 5 heteroatoms. The Morgan fingerprint density at radius 1 is 1.16 bits per heavy atom. The fourth-order valence-corrected chi connectivity index (χ4v) is 5.74. The third kappa shape index (κ3) is 3.85. The summed E-state index contributed by atoms with van der Waals surface area (Å²) < 4.78 is 1.15. The van der Waals surface area contributed by atoms with Crippen LogP contribution in [0.1, 0.15) is 10.4 Å². The first-order valence-electron chi connectivity index (χ1n) is 5.70. The molecule has 0 saturated heterocycles. The summed E-state index contributed by atoms with van der Waals surface area (Å²) in [5, 5.41) is 4.69. The quantitative estimate of drug-likeness (QED) is 0.426. The van der Waals surface area contributed by atoms with Gasteiger partial charge in [-0.05, 0) is 46.1 Å². The predicted molar refractivity (Wildman–Crippen MR) is 96.4 cm³/mol. The number of hydrogen-bond donors (Lipinski definition) is 0. The van der Waals surface area contributed by atoms with E-state index in [1.165, 1.54) is 10.4 Å². The Morgan fingerprint density at radius 3 is 2.42 bits per heavy atom. The highest BCUT2D eigenvalue weighted by molar-refractivity contribution is 9.10. The van der Waals surface area contributed by atoms with Crippen molar-refractivity contribution in [2.24, 2.45) is 0 Å². The van der Waals surface area contributed by atoms with Crippen LogP contribution < -0.4 is 0 Å². The van der Waals surface area contributed by atoms with Crippen LogP contribution in [0, 0.1) is 0 Å². The summed E-state index contributed by atoms with van der Waals surface area (Å²) in [4.78, 5) is 1.37. The van der Waals surface area contributed by atoms with Gasteiger partial charge in [0.2, 0.25) is 0 Å². The molecular weight excluding hydrogens is 475 g/mol. The second-order valence-corrected chi connectivity index (χ2v) is 7.94. The first kappa shape index (κ1) is 16.0. The van der Waals surface area contributed by atoms with Crippen molar-refractivity contribution in [2.75, 3.05) is 10.7 Å². The van der Waals surface area contributed by atoms with Crippen molar-refractivity contribution in [3.05, 3.63) is 55.6 Å². The Labute approximate surface area is 147 Å². The van der Waals surface area contributed by atoms with E-state index in [9.17, 15) is 0 Å². The molecule has 0 unspecified atom stereocenters. The number of thiophene rings is 1. The van der Waals surface area contributed by atoms with Crippen LogP contribution >= 0.6 is 70.7 Å². The lowest BCUT2D eigenvalue weighted by atomic mass is 9.81. The van der Waals surface area contributed by atoms with E-state index in [4.69, 9.17) is 11.6 Å². The van der Waals surface area contributed by atoms with Gasteiger partial charge in [-0.1, -0.05) is 55.6 Å². The maximum absolute atomic E-state index is 6.14. The zero-order chi connectivity index (χ0) is 13.9. The van der Waals surface area contributed by atoms with Crippen LogP contribution in [0.25, 0.3) is 0 Å². The molecule has 1 aromatic heterocycles. The summed E-state index contributed by atoms with van der Waals surface area (Å²) in [5.74, 6) is 0. The van der Waals surface area contributed by atoms with Crippen molar-refractivity contribution in [3.63, 3.8) is 0 Å². The maximum atomic E-state index is 6.14. The number of hydrogen-bond acceptors (Lipinski definition) is 1. The van der Waals surface area contributed by atoms with Crippen molar-refractivity contribution >= 4 is 70.7 Å². The lowest BCUT2D eigenvalue weighted by Gasteiger charge is -2.30. The van der Waals surface area contributed by atoms with Crippen LogP contribution in [0.15, 0.2) is 40.2 Å². The Kier molecular flexibility index (Phi) is 5.97. The van der Waals surface area contributed by atoms with E-state index in [2.05, 4.69) is 71.4 Å². The van der Waals surface area contributed by atoms with E-state index in [0.717, 1.165) is 26.6 Å². The fraction of sp³-hybridized carbons (Fsp3) is 0.286. The number of halogens is 4. The van der Waals surface area contributed by atoms with Crippen molar-refractivity contribution in [1.29, 1.82) is 0 Å². The van der Waals surface area contributed by atoms with Gasteiger partial charge in [-0.2, -0.15) is 0 Å². The molecular formula is C14H12Br3ClS. The molecule has 0 amide bonds. The highest BCUT2D eigenvalue weighted by Gasteiger charge is 2.31. The largest absolute Gasteiger partial charge is 0.148 e. The third-order valence-corrected chi connectivity index (χ3v) is 7.16. The molecule has 0 atom stereocenters. The van der Waals surface area contributed by atoms with Gasteiger partial charge in [-0.15, -0.1) is 11.3 Å². The van der Waals surface area contributed by atoms with Crippen molar-refractivity contribution in [3.8, 4) is 0 Å². The van der Waals surface area contributed by atoms with Gasteiger partial charge in [0.1, 0.15) is 0 Å². The van der Waals surface area contributed by atoms with E-state index < -0.39 is 0 Å². The number of rotatable bonds is 5. The van der Waals surface area contributed by atoms with E-state index in [1.807, 2.05) is 12.1 Å². The minimum absolute atomic E-state index is 0.0230. The van der Waals surface area contributed by atoms with Crippen molar-refractivity contribution in [2.45, 2.75) is 11.8 Å². The molecule has 102 valence electrons. The Hall–Kier alpha value is 0.650. The molecule has 0 saturated carbocycles. The molecule has 1 aromatic carbocycles. The molecule has 1 heterocycles. The topological polar surface area (TPSA) is 0 Å². The highest BCUT2D eigenvalue weighted by Crippen LogP contribution is 2.36. The fourth-order valence-electron chi connectivity index (χ4n) is 1.98. The molecule has 0 N–H and O–H groups in total. The molecule has 2 aromatic rings. The van der Waals surface area contributed by atoms with Gasteiger partial charge in [0.15, 0.2) is 0 Å². The van der Waals surface area contributed by atoms with E-state index in [1.54, 1.807) is 11.3 Å². The van der Waals surface area contributed by atoms with Gasteiger partial charge in [0.05, 0.1) is 0 Å². The normalized spacial score (nSPS) is 11.8. The molecule has 0 aliphatic carbocycles. The first-order chi connectivity index (χ1) is 9.09. The minimum Gasteiger partial charge on any atom is -0.148 e. The predicted octanol–water partition coefficient (Wildman–Crippen LogP) is 6.43. The molecule has 19 heavy (non-hydrogen) atoms. The molecule has 0 radical (unpaired) electrons. The average molecular weight is 487 g/mol. The van der Waals surface area contributed by atoms with Gasteiger partial charge in [0, 0.05) is 35.8 Å². The SMILES string of the molecule is Clc1cccc(C(CBr)(CBr)Cc2cc(Br)cs2)c1. The molecule has 0 bridgehead atoms. The molecule has 0 aliphatic heterocycles. The summed E-state index contributed by atoms with van der Waals surface area (Å²) in [6.07, 6.45) is 0.986. The Morgan fingerprint density at radius 2 is 1.89 bits per heavy atom. The van der Waals surface area contributed by atoms with E-state index in [-0.39, 0.29) is 5.41 Å². The van der Waals surface area contributed by atoms with Crippen LogP contribution in [-0.4, -0.2) is 10.7 Å². The smallest absolute Gasteiger partial charge is 0.0408 e. The van der Waals surface area contributed by atoms with Crippen LogP contribution in [0.5, 0.6) is 0 Å². The zero-order valence-corrected chi connectivity index (χ0v) is 16.3. The van der Waals surface area contributed by atoms with Crippen LogP contribution in [0.3, 0.4) is 0 Å². The second-order valence-electron chi connectivity index (χ2n) is 4.47. The summed E-state index contributed by atoms with van der Waals surface area (Å²) in [5.41, 5.74) is 1.29. The van der Waals surface area contributed by atoms with Crippen LogP contribution in [0.4, 0.5) is 0 Å². The van der Waals surface area contributed by atoms with Gasteiger partial charge in [0.25, 0.3) is 0 Å². The molecule has 2 rings (SSSR count). The maximum Gasteiger partial charge on any atom is 0.0408 e. The van der Waals surface area contributed by atoms with Crippen LogP contribution in [-0.2, 0) is 11.8 Å². The Balaban J connectivity index is 2.37. The molecule has 0 spiro atoms. The van der Waals surface area contributed by atoms with Gasteiger partial charge in [-0.25, -0.2) is 0 Å². The highest BCUT2D eigenvalue weighted by atomic mass is 79.9. The number of alkyl halides is 2. The van der Waals surface area contributed by atoms with Crippen LogP contribution in [0.2, 0.25) is 5.02 Å². The first-order valence-corrected chi connectivity index (χ1v) is 10.00. The lowest BCUT2D eigenvalue weighted by Crippen LogP contribution is -2.32. The monoisotopic (exact) mass is 484 g/mol. The summed E-state index contributed by atoms with van der Waals surface area (Å²) >= 11 is 18.8. The molecule has 0 nitrogen and oxygen atoms in total. The minimum atomic E-state index is 0.0230. The van der Waals surface area contributed by atoms with Gasteiger partial charge < -0.3 is 0 Å². The standard InChI is InChI=1S/C14H12Br3ClS/c15-8-14(9-16,6-13-5-11(17)7-19-13)10-2-1-3-12(18)4-10/h1-5,7H,6,8-9H2. The number of benzene rings is 1. The third-order valence-electron chi connectivity index (χ3n) is 3.08. The summed E-state index contributed by atoms with van der Waals surface area (Å²) in [6, 6.07) is 10.3. The van der Waals surface area contributed by atoms with E-state index in [0.29, 0.717) is 0 Å². The zero-order valence-electron chi connectivity index (χ0n) is 10.0. The van der Waals surface area contributed by atoms with Crippen molar-refractivity contribution < 1.29 is 0 Å². The average Bonchev–Trinajstić information content (AvgIpc) is 2.81. The van der Waals surface area contributed by atoms with E-state index >= 15 is 0 Å². The second kappa shape index (κ2) is 7.08. The van der Waals surface area contributed by atoms with Gasteiger partial charge >= 0.3 is 0 Å². The molecule has 0 aliphatic rings. The van der Waals surface area contributed by atoms with Crippen molar-refractivity contribution in [1.82, 2.24) is 0 Å². The lowest BCUT2D eigenvalue weighted by molar-refractivity contribution is 0.556. The summed E-state index contributed by atoms with van der Waals surface area (Å²) in [7, 11) is 0. The Bertz CT molecular complexity index is 549.